The molecule has 1 aromatic rings. The summed E-state index contributed by atoms with van der Waals surface area (Å²) in [6.07, 6.45) is 3.61. The number of hydrogen-bond donors (Lipinski definition) is 1. The number of hydrogen-bond acceptors (Lipinski definition) is 2. The molecular formula is C13H20INO. The number of nitrogens with one attached hydrogen (secondary N) is 1. The highest BCUT2D eigenvalue weighted by Gasteiger charge is 1.94. The van der Waals surface area contributed by atoms with Gasteiger partial charge in [-0.2, -0.15) is 0 Å². The van der Waals surface area contributed by atoms with Crippen molar-refractivity contribution in [2.45, 2.75) is 26.2 Å². The number of ether oxygens (including phenoxy) is 1. The average molecular weight is 333 g/mol. The van der Waals surface area contributed by atoms with Crippen LogP contribution in [0.25, 0.3) is 0 Å². The third-order valence-corrected chi connectivity index (χ3v) is 2.98. The summed E-state index contributed by atoms with van der Waals surface area (Å²) in [6.45, 7) is 5.16. The number of halogens is 1. The maximum Gasteiger partial charge on any atom is 0.120 e. The summed E-state index contributed by atoms with van der Waals surface area (Å²) in [5.41, 5.74) is 0. The van der Waals surface area contributed by atoms with Crippen molar-refractivity contribution in [2.75, 3.05) is 19.7 Å². The molecule has 1 aromatic carbocycles. The largest absolute Gasteiger partial charge is 0.494 e. The fraction of sp³-hybridized carbons (Fsp3) is 0.538. The van der Waals surface area contributed by atoms with Gasteiger partial charge in [0, 0.05) is 3.57 Å². The van der Waals surface area contributed by atoms with E-state index in [0.717, 1.165) is 31.9 Å². The van der Waals surface area contributed by atoms with E-state index in [4.69, 9.17) is 4.74 Å². The minimum absolute atomic E-state index is 0.826. The maximum atomic E-state index is 5.67. The Hall–Kier alpha value is -0.290. The lowest BCUT2D eigenvalue weighted by Crippen LogP contribution is -2.14. The molecule has 2 nitrogen and oxygen atoms in total. The Morgan fingerprint density at radius 3 is 2.88 bits per heavy atom. The second-order valence-electron chi connectivity index (χ2n) is 3.72. The second-order valence-corrected chi connectivity index (χ2v) is 4.97. The Balaban J connectivity index is 2.03. The first-order chi connectivity index (χ1) is 7.83. The van der Waals surface area contributed by atoms with Crippen molar-refractivity contribution < 1.29 is 4.74 Å². The molecular weight excluding hydrogens is 313 g/mol. The van der Waals surface area contributed by atoms with E-state index in [0.29, 0.717) is 0 Å². The van der Waals surface area contributed by atoms with E-state index in [-0.39, 0.29) is 0 Å². The molecule has 0 unspecified atom stereocenters. The monoisotopic (exact) mass is 333 g/mol. The summed E-state index contributed by atoms with van der Waals surface area (Å²) in [5, 5.41) is 3.32. The van der Waals surface area contributed by atoms with Crippen molar-refractivity contribution in [1.82, 2.24) is 5.32 Å². The van der Waals surface area contributed by atoms with Gasteiger partial charge < -0.3 is 10.1 Å². The fourth-order valence-corrected chi connectivity index (χ4v) is 1.97. The highest BCUT2D eigenvalue weighted by Crippen LogP contribution is 2.15. The van der Waals surface area contributed by atoms with E-state index in [9.17, 15) is 0 Å². The Morgan fingerprint density at radius 2 is 2.12 bits per heavy atom. The SMILES string of the molecule is CCNCCCCCOc1cccc(I)c1. The van der Waals surface area contributed by atoms with E-state index in [2.05, 4.69) is 47.0 Å². The van der Waals surface area contributed by atoms with Crippen molar-refractivity contribution in [2.24, 2.45) is 0 Å². The zero-order chi connectivity index (χ0) is 11.6. The molecule has 0 aromatic heterocycles. The predicted octanol–water partition coefficient (Wildman–Crippen LogP) is 3.45. The van der Waals surface area contributed by atoms with Gasteiger partial charge in [-0.25, -0.2) is 0 Å². The molecule has 0 heterocycles. The minimum Gasteiger partial charge on any atom is -0.494 e. The van der Waals surface area contributed by atoms with Gasteiger partial charge in [0.25, 0.3) is 0 Å². The van der Waals surface area contributed by atoms with Crippen LogP contribution in [0, 0.1) is 3.57 Å². The van der Waals surface area contributed by atoms with Crippen molar-refractivity contribution in [3.8, 4) is 5.75 Å². The van der Waals surface area contributed by atoms with Crippen molar-refractivity contribution in [1.29, 1.82) is 0 Å². The lowest BCUT2D eigenvalue weighted by molar-refractivity contribution is 0.305. The van der Waals surface area contributed by atoms with E-state index < -0.39 is 0 Å². The third kappa shape index (κ3) is 6.33. The Kier molecular flexibility index (Phi) is 7.59. The van der Waals surface area contributed by atoms with Crippen LogP contribution in [0.2, 0.25) is 0 Å². The Bertz CT molecular complexity index is 291. The molecule has 0 aliphatic heterocycles. The van der Waals surface area contributed by atoms with Crippen LogP contribution in [-0.2, 0) is 0 Å². The zero-order valence-electron chi connectivity index (χ0n) is 9.84. The maximum absolute atomic E-state index is 5.67. The van der Waals surface area contributed by atoms with Gasteiger partial charge in [0.1, 0.15) is 5.75 Å². The fourth-order valence-electron chi connectivity index (χ4n) is 1.45. The standard InChI is InChI=1S/C13H20INO/c1-2-15-9-4-3-5-10-16-13-8-6-7-12(14)11-13/h6-8,11,15H,2-5,9-10H2,1H3. The summed E-state index contributed by atoms with van der Waals surface area (Å²) in [4.78, 5) is 0. The van der Waals surface area contributed by atoms with Crippen LogP contribution in [-0.4, -0.2) is 19.7 Å². The van der Waals surface area contributed by atoms with Crippen LogP contribution in [0.5, 0.6) is 5.75 Å². The van der Waals surface area contributed by atoms with Gasteiger partial charge >= 0.3 is 0 Å². The Morgan fingerprint density at radius 1 is 1.25 bits per heavy atom. The van der Waals surface area contributed by atoms with Crippen LogP contribution >= 0.6 is 22.6 Å². The lowest BCUT2D eigenvalue weighted by Gasteiger charge is -2.06. The molecule has 1 rings (SSSR count). The summed E-state index contributed by atoms with van der Waals surface area (Å²) in [6, 6.07) is 8.19. The highest BCUT2D eigenvalue weighted by molar-refractivity contribution is 14.1. The molecule has 0 bridgehead atoms. The summed E-state index contributed by atoms with van der Waals surface area (Å²) in [5.74, 6) is 0.985. The number of rotatable bonds is 8. The summed E-state index contributed by atoms with van der Waals surface area (Å²) < 4.78 is 6.89. The lowest BCUT2D eigenvalue weighted by atomic mass is 10.2. The first-order valence-corrected chi connectivity index (χ1v) is 7.00. The average Bonchev–Trinajstić information content (AvgIpc) is 2.28. The van der Waals surface area contributed by atoms with E-state index in [1.54, 1.807) is 0 Å². The van der Waals surface area contributed by atoms with Crippen LogP contribution in [0.1, 0.15) is 26.2 Å². The van der Waals surface area contributed by atoms with Crippen LogP contribution < -0.4 is 10.1 Å². The smallest absolute Gasteiger partial charge is 0.120 e. The minimum atomic E-state index is 0.826. The van der Waals surface area contributed by atoms with Gasteiger partial charge in [-0.3, -0.25) is 0 Å². The van der Waals surface area contributed by atoms with Gasteiger partial charge in [0.2, 0.25) is 0 Å². The molecule has 90 valence electrons. The van der Waals surface area contributed by atoms with E-state index >= 15 is 0 Å². The van der Waals surface area contributed by atoms with Crippen molar-refractivity contribution in [3.05, 3.63) is 27.8 Å². The normalized spacial score (nSPS) is 10.4. The number of unbranched alkanes of at least 4 members (excludes halogenated alkanes) is 2. The highest BCUT2D eigenvalue weighted by atomic mass is 127. The van der Waals surface area contributed by atoms with Crippen molar-refractivity contribution >= 4 is 22.6 Å². The van der Waals surface area contributed by atoms with Gasteiger partial charge in [-0.05, 0) is 73.1 Å². The molecule has 1 N–H and O–H groups in total. The third-order valence-electron chi connectivity index (χ3n) is 2.31. The first kappa shape index (κ1) is 13.8. The molecule has 3 heteroatoms. The van der Waals surface area contributed by atoms with Crippen LogP contribution in [0.3, 0.4) is 0 Å². The van der Waals surface area contributed by atoms with Gasteiger partial charge in [-0.1, -0.05) is 13.0 Å². The number of benzene rings is 1. The first-order valence-electron chi connectivity index (χ1n) is 5.92. The molecule has 0 radical (unpaired) electrons. The van der Waals surface area contributed by atoms with E-state index in [1.807, 2.05) is 12.1 Å². The quantitative estimate of drug-likeness (QED) is 0.581. The molecule has 0 fully saturated rings. The molecule has 0 saturated carbocycles. The topological polar surface area (TPSA) is 21.3 Å². The van der Waals surface area contributed by atoms with Gasteiger partial charge in [0.05, 0.1) is 6.61 Å². The summed E-state index contributed by atoms with van der Waals surface area (Å²) >= 11 is 2.30. The molecule has 0 spiro atoms. The molecule has 0 amide bonds. The molecule has 0 aliphatic rings. The van der Waals surface area contributed by atoms with Gasteiger partial charge in [0.15, 0.2) is 0 Å². The van der Waals surface area contributed by atoms with Crippen LogP contribution in [0.15, 0.2) is 24.3 Å². The molecule has 0 aliphatic carbocycles. The van der Waals surface area contributed by atoms with Crippen LogP contribution in [0.4, 0.5) is 0 Å². The molecule has 0 atom stereocenters. The second kappa shape index (κ2) is 8.82. The summed E-state index contributed by atoms with van der Waals surface area (Å²) in [7, 11) is 0. The van der Waals surface area contributed by atoms with E-state index in [1.165, 1.54) is 16.4 Å². The Labute approximate surface area is 112 Å². The predicted molar refractivity (Wildman–Crippen MR) is 77.0 cm³/mol. The molecule has 16 heavy (non-hydrogen) atoms. The van der Waals surface area contributed by atoms with Gasteiger partial charge in [-0.15, -0.1) is 0 Å². The zero-order valence-corrected chi connectivity index (χ0v) is 12.0. The molecule has 0 saturated heterocycles. The van der Waals surface area contributed by atoms with Crippen molar-refractivity contribution in [3.63, 3.8) is 0 Å².